The van der Waals surface area contributed by atoms with Gasteiger partial charge in [0.1, 0.15) is 0 Å². The SMILES string of the molecule is Cc1cc(C)nc(N2CCC(C(=O)N(C)C)CC2)n1. The summed E-state index contributed by atoms with van der Waals surface area (Å²) in [6, 6.07) is 1.98. The number of anilines is 1. The number of carbonyl (C=O) groups is 1. The zero-order valence-corrected chi connectivity index (χ0v) is 12.2. The number of piperidine rings is 1. The molecule has 1 fully saturated rings. The van der Waals surface area contributed by atoms with Crippen LogP contribution in [0.1, 0.15) is 24.2 Å². The Balaban J connectivity index is 2.01. The lowest BCUT2D eigenvalue weighted by atomic mass is 9.96. The van der Waals surface area contributed by atoms with Crippen LogP contribution in [0.3, 0.4) is 0 Å². The molecule has 0 aromatic carbocycles. The highest BCUT2D eigenvalue weighted by Crippen LogP contribution is 2.22. The van der Waals surface area contributed by atoms with Gasteiger partial charge in [-0.15, -0.1) is 0 Å². The van der Waals surface area contributed by atoms with E-state index in [0.29, 0.717) is 0 Å². The Morgan fingerprint density at radius 3 is 2.21 bits per heavy atom. The number of hydrogen-bond acceptors (Lipinski definition) is 4. The molecule has 0 bridgehead atoms. The molecule has 0 saturated carbocycles. The molecule has 2 heterocycles. The lowest BCUT2D eigenvalue weighted by Gasteiger charge is -2.32. The summed E-state index contributed by atoms with van der Waals surface area (Å²) in [5, 5.41) is 0. The minimum atomic E-state index is 0.150. The number of rotatable bonds is 2. The zero-order valence-electron chi connectivity index (χ0n) is 12.2. The summed E-state index contributed by atoms with van der Waals surface area (Å²) in [6.45, 7) is 5.68. The number of hydrogen-bond donors (Lipinski definition) is 0. The number of aromatic nitrogens is 2. The molecule has 1 aliphatic rings. The second-order valence-electron chi connectivity index (χ2n) is 5.44. The first-order valence-corrected chi connectivity index (χ1v) is 6.76. The molecular weight excluding hydrogens is 240 g/mol. The van der Waals surface area contributed by atoms with Gasteiger partial charge in [-0.1, -0.05) is 0 Å². The summed E-state index contributed by atoms with van der Waals surface area (Å²) < 4.78 is 0. The highest BCUT2D eigenvalue weighted by atomic mass is 16.2. The van der Waals surface area contributed by atoms with Gasteiger partial charge in [0.2, 0.25) is 11.9 Å². The summed E-state index contributed by atoms with van der Waals surface area (Å²) in [5.41, 5.74) is 1.99. The van der Waals surface area contributed by atoms with E-state index in [0.717, 1.165) is 43.3 Å². The smallest absolute Gasteiger partial charge is 0.225 e. The van der Waals surface area contributed by atoms with Crippen LogP contribution in [0.25, 0.3) is 0 Å². The number of aryl methyl sites for hydroxylation is 2. The second-order valence-corrected chi connectivity index (χ2v) is 5.44. The number of nitrogens with zero attached hydrogens (tertiary/aromatic N) is 4. The molecule has 0 radical (unpaired) electrons. The Hall–Kier alpha value is -1.65. The van der Waals surface area contributed by atoms with Gasteiger partial charge in [0, 0.05) is 44.5 Å². The third kappa shape index (κ3) is 3.22. The second kappa shape index (κ2) is 5.55. The summed E-state index contributed by atoms with van der Waals surface area (Å²) in [5.74, 6) is 1.19. The molecule has 5 heteroatoms. The molecule has 0 spiro atoms. The van der Waals surface area contributed by atoms with Crippen molar-refractivity contribution in [2.45, 2.75) is 26.7 Å². The summed E-state index contributed by atoms with van der Waals surface area (Å²) in [6.07, 6.45) is 1.76. The quantitative estimate of drug-likeness (QED) is 0.808. The summed E-state index contributed by atoms with van der Waals surface area (Å²) in [7, 11) is 3.64. The predicted octanol–water partition coefficient (Wildman–Crippen LogP) is 1.40. The van der Waals surface area contributed by atoms with Crippen LogP contribution >= 0.6 is 0 Å². The standard InChI is InChI=1S/C14H22N4O/c1-10-9-11(2)16-14(15-10)18-7-5-12(6-8-18)13(19)17(3)4/h9,12H,5-8H2,1-4H3. The topological polar surface area (TPSA) is 49.3 Å². The maximum atomic E-state index is 11.9. The van der Waals surface area contributed by atoms with Gasteiger partial charge in [-0.3, -0.25) is 4.79 Å². The van der Waals surface area contributed by atoms with Gasteiger partial charge in [0.25, 0.3) is 0 Å². The highest BCUT2D eigenvalue weighted by Gasteiger charge is 2.27. The third-order valence-corrected chi connectivity index (χ3v) is 3.54. The molecule has 0 unspecified atom stereocenters. The monoisotopic (exact) mass is 262 g/mol. The lowest BCUT2D eigenvalue weighted by Crippen LogP contribution is -2.40. The highest BCUT2D eigenvalue weighted by molar-refractivity contribution is 5.78. The fourth-order valence-electron chi connectivity index (χ4n) is 2.54. The van der Waals surface area contributed by atoms with E-state index in [4.69, 9.17) is 0 Å². The predicted molar refractivity (Wildman–Crippen MR) is 75.1 cm³/mol. The van der Waals surface area contributed by atoms with Crippen molar-refractivity contribution in [1.29, 1.82) is 0 Å². The van der Waals surface area contributed by atoms with E-state index in [1.165, 1.54) is 0 Å². The van der Waals surface area contributed by atoms with E-state index in [9.17, 15) is 4.79 Å². The van der Waals surface area contributed by atoms with Crippen molar-refractivity contribution in [3.8, 4) is 0 Å². The maximum Gasteiger partial charge on any atom is 0.225 e. The van der Waals surface area contributed by atoms with Crippen LogP contribution in [0, 0.1) is 19.8 Å². The lowest BCUT2D eigenvalue weighted by molar-refractivity contribution is -0.133. The van der Waals surface area contributed by atoms with Crippen molar-refractivity contribution in [1.82, 2.24) is 14.9 Å². The Kier molecular flexibility index (Phi) is 4.02. The van der Waals surface area contributed by atoms with E-state index in [1.807, 2.05) is 34.0 Å². The van der Waals surface area contributed by atoms with Crippen LogP contribution in [0.5, 0.6) is 0 Å². The molecule has 1 aromatic rings. The molecule has 0 atom stereocenters. The van der Waals surface area contributed by atoms with Gasteiger partial charge >= 0.3 is 0 Å². The Morgan fingerprint density at radius 2 is 1.74 bits per heavy atom. The Bertz CT molecular complexity index is 444. The van der Waals surface area contributed by atoms with Gasteiger partial charge < -0.3 is 9.80 Å². The molecular formula is C14H22N4O. The van der Waals surface area contributed by atoms with E-state index >= 15 is 0 Å². The van der Waals surface area contributed by atoms with E-state index < -0.39 is 0 Å². The average Bonchev–Trinajstić information content (AvgIpc) is 2.37. The first-order valence-electron chi connectivity index (χ1n) is 6.76. The summed E-state index contributed by atoms with van der Waals surface area (Å²) >= 11 is 0. The van der Waals surface area contributed by atoms with Crippen LogP contribution in [0.4, 0.5) is 5.95 Å². The maximum absolute atomic E-state index is 11.9. The Morgan fingerprint density at radius 1 is 1.21 bits per heavy atom. The van der Waals surface area contributed by atoms with Crippen LogP contribution in [-0.2, 0) is 4.79 Å². The molecule has 1 aliphatic heterocycles. The van der Waals surface area contributed by atoms with Crippen LogP contribution in [0.15, 0.2) is 6.07 Å². The van der Waals surface area contributed by atoms with E-state index in [-0.39, 0.29) is 11.8 Å². The van der Waals surface area contributed by atoms with E-state index in [2.05, 4.69) is 14.9 Å². The molecule has 1 amide bonds. The summed E-state index contributed by atoms with van der Waals surface area (Å²) in [4.78, 5) is 24.8. The van der Waals surface area contributed by atoms with Gasteiger partial charge in [-0.05, 0) is 32.8 Å². The van der Waals surface area contributed by atoms with Crippen molar-refractivity contribution in [2.75, 3.05) is 32.1 Å². The van der Waals surface area contributed by atoms with Crippen molar-refractivity contribution in [3.63, 3.8) is 0 Å². The van der Waals surface area contributed by atoms with E-state index in [1.54, 1.807) is 4.90 Å². The first kappa shape index (κ1) is 13.8. The molecule has 0 N–H and O–H groups in total. The largest absolute Gasteiger partial charge is 0.349 e. The van der Waals surface area contributed by atoms with Crippen molar-refractivity contribution < 1.29 is 4.79 Å². The third-order valence-electron chi connectivity index (χ3n) is 3.54. The minimum Gasteiger partial charge on any atom is -0.349 e. The van der Waals surface area contributed by atoms with Crippen LogP contribution < -0.4 is 4.90 Å². The average molecular weight is 262 g/mol. The normalized spacial score (nSPS) is 16.5. The zero-order chi connectivity index (χ0) is 14.0. The molecule has 0 aliphatic carbocycles. The number of amides is 1. The van der Waals surface area contributed by atoms with Crippen LogP contribution in [0.2, 0.25) is 0 Å². The molecule has 5 nitrogen and oxygen atoms in total. The van der Waals surface area contributed by atoms with Crippen molar-refractivity contribution in [2.24, 2.45) is 5.92 Å². The van der Waals surface area contributed by atoms with Crippen molar-refractivity contribution >= 4 is 11.9 Å². The fourth-order valence-corrected chi connectivity index (χ4v) is 2.54. The first-order chi connectivity index (χ1) is 8.97. The van der Waals surface area contributed by atoms with Gasteiger partial charge in [0.05, 0.1) is 0 Å². The number of carbonyl (C=O) groups excluding carboxylic acids is 1. The molecule has 1 aromatic heterocycles. The molecule has 104 valence electrons. The van der Waals surface area contributed by atoms with Gasteiger partial charge in [-0.2, -0.15) is 0 Å². The molecule has 19 heavy (non-hydrogen) atoms. The minimum absolute atomic E-state index is 0.150. The van der Waals surface area contributed by atoms with Gasteiger partial charge in [0.15, 0.2) is 0 Å². The van der Waals surface area contributed by atoms with Crippen molar-refractivity contribution in [3.05, 3.63) is 17.5 Å². The fraction of sp³-hybridized carbons (Fsp3) is 0.643. The van der Waals surface area contributed by atoms with Gasteiger partial charge in [-0.25, -0.2) is 9.97 Å². The molecule has 2 rings (SSSR count). The Labute approximate surface area is 114 Å². The molecule has 1 saturated heterocycles. The van der Waals surface area contributed by atoms with Crippen LogP contribution in [-0.4, -0.2) is 48.0 Å².